The van der Waals surface area contributed by atoms with Crippen LogP contribution in [-0.2, 0) is 0 Å². The van der Waals surface area contributed by atoms with Crippen LogP contribution in [0.5, 0.6) is 11.5 Å². The second-order valence-electron chi connectivity index (χ2n) is 4.89. The van der Waals surface area contributed by atoms with Gasteiger partial charge in [0.1, 0.15) is 0 Å². The maximum Gasteiger partial charge on any atom is 0.231 e. The Hall–Kier alpha value is -1.87. The first kappa shape index (κ1) is 13.1. The summed E-state index contributed by atoms with van der Waals surface area (Å²) in [6, 6.07) is 12.0. The fourth-order valence-corrected chi connectivity index (χ4v) is 2.44. The molecule has 0 bridgehead atoms. The highest BCUT2D eigenvalue weighted by atomic mass is 35.5. The van der Waals surface area contributed by atoms with Crippen molar-refractivity contribution in [3.8, 4) is 11.5 Å². The normalized spacial score (nSPS) is 14.2. The van der Waals surface area contributed by atoms with Crippen LogP contribution in [0.4, 0.5) is 5.69 Å². The van der Waals surface area contributed by atoms with E-state index < -0.39 is 0 Å². The van der Waals surface area contributed by atoms with Crippen molar-refractivity contribution in [3.63, 3.8) is 0 Å². The molecule has 0 spiro atoms. The molecule has 3 rings (SSSR count). The molecule has 1 unspecified atom stereocenters. The van der Waals surface area contributed by atoms with E-state index >= 15 is 0 Å². The van der Waals surface area contributed by atoms with Crippen molar-refractivity contribution >= 4 is 17.3 Å². The topological polar surface area (TPSA) is 30.5 Å². The van der Waals surface area contributed by atoms with Gasteiger partial charge < -0.3 is 14.8 Å². The molecule has 1 heterocycles. The van der Waals surface area contributed by atoms with Gasteiger partial charge in [-0.2, -0.15) is 0 Å². The molecule has 104 valence electrons. The van der Waals surface area contributed by atoms with Crippen LogP contribution in [0.1, 0.15) is 24.1 Å². The molecule has 20 heavy (non-hydrogen) atoms. The summed E-state index contributed by atoms with van der Waals surface area (Å²) in [6.45, 7) is 4.42. The SMILES string of the molecule is Cc1c(Cl)cccc1NC(C)c1ccc2c(c1)OCO2. The quantitative estimate of drug-likeness (QED) is 0.899. The Labute approximate surface area is 123 Å². The Kier molecular flexibility index (Phi) is 3.45. The summed E-state index contributed by atoms with van der Waals surface area (Å²) in [5.41, 5.74) is 3.25. The van der Waals surface area contributed by atoms with Gasteiger partial charge in [-0.3, -0.25) is 0 Å². The number of anilines is 1. The molecule has 0 amide bonds. The van der Waals surface area contributed by atoms with Crippen LogP contribution >= 0.6 is 11.6 Å². The smallest absolute Gasteiger partial charge is 0.231 e. The minimum absolute atomic E-state index is 0.154. The van der Waals surface area contributed by atoms with Crippen molar-refractivity contribution in [2.24, 2.45) is 0 Å². The van der Waals surface area contributed by atoms with Crippen LogP contribution in [0, 0.1) is 6.92 Å². The summed E-state index contributed by atoms with van der Waals surface area (Å²) >= 11 is 6.14. The maximum absolute atomic E-state index is 6.14. The average Bonchev–Trinajstić information content (AvgIpc) is 2.91. The van der Waals surface area contributed by atoms with Crippen molar-refractivity contribution < 1.29 is 9.47 Å². The lowest BCUT2D eigenvalue weighted by atomic mass is 10.1. The van der Waals surface area contributed by atoms with E-state index in [1.54, 1.807) is 0 Å². The molecule has 2 aromatic carbocycles. The van der Waals surface area contributed by atoms with Crippen molar-refractivity contribution in [1.82, 2.24) is 0 Å². The number of hydrogen-bond acceptors (Lipinski definition) is 3. The fraction of sp³-hybridized carbons (Fsp3) is 0.250. The number of rotatable bonds is 3. The highest BCUT2D eigenvalue weighted by Gasteiger charge is 2.16. The Morgan fingerprint density at radius 2 is 1.95 bits per heavy atom. The maximum atomic E-state index is 6.14. The molecule has 0 aliphatic carbocycles. The van der Waals surface area contributed by atoms with E-state index in [0.717, 1.165) is 33.3 Å². The largest absolute Gasteiger partial charge is 0.454 e. The second kappa shape index (κ2) is 5.25. The molecule has 1 N–H and O–H groups in total. The van der Waals surface area contributed by atoms with Crippen molar-refractivity contribution in [2.75, 3.05) is 12.1 Å². The lowest BCUT2D eigenvalue weighted by Gasteiger charge is -2.18. The standard InChI is InChI=1S/C16H16ClNO2/c1-10-13(17)4-3-5-14(10)18-11(2)12-6-7-15-16(8-12)20-9-19-15/h3-8,11,18H,9H2,1-2H3. The third-order valence-electron chi connectivity index (χ3n) is 3.54. The van der Waals surface area contributed by atoms with Gasteiger partial charge in [0.2, 0.25) is 6.79 Å². The van der Waals surface area contributed by atoms with E-state index in [-0.39, 0.29) is 6.04 Å². The van der Waals surface area contributed by atoms with Gasteiger partial charge in [-0.25, -0.2) is 0 Å². The molecule has 0 aromatic heterocycles. The number of benzene rings is 2. The molecule has 4 heteroatoms. The first-order valence-electron chi connectivity index (χ1n) is 6.56. The highest BCUT2D eigenvalue weighted by Crippen LogP contribution is 2.35. The molecule has 0 radical (unpaired) electrons. The lowest BCUT2D eigenvalue weighted by Crippen LogP contribution is -2.07. The van der Waals surface area contributed by atoms with Crippen LogP contribution in [0.15, 0.2) is 36.4 Å². The van der Waals surface area contributed by atoms with E-state index in [9.17, 15) is 0 Å². The zero-order valence-corrected chi connectivity index (χ0v) is 12.2. The predicted octanol–water partition coefficient (Wildman–Crippen LogP) is 4.55. The Balaban J connectivity index is 1.82. The third-order valence-corrected chi connectivity index (χ3v) is 3.95. The van der Waals surface area contributed by atoms with E-state index in [2.05, 4.69) is 12.2 Å². The van der Waals surface area contributed by atoms with Gasteiger partial charge in [-0.1, -0.05) is 23.7 Å². The molecule has 1 atom stereocenters. The number of halogens is 1. The molecule has 2 aromatic rings. The average molecular weight is 290 g/mol. The molecule has 0 saturated heterocycles. The molecule has 0 fully saturated rings. The highest BCUT2D eigenvalue weighted by molar-refractivity contribution is 6.31. The predicted molar refractivity (Wildman–Crippen MR) is 80.8 cm³/mol. The van der Waals surface area contributed by atoms with Crippen LogP contribution in [0.2, 0.25) is 5.02 Å². The van der Waals surface area contributed by atoms with Crippen molar-refractivity contribution in [3.05, 3.63) is 52.5 Å². The third kappa shape index (κ3) is 2.41. The van der Waals surface area contributed by atoms with Gasteiger partial charge in [0.15, 0.2) is 11.5 Å². The van der Waals surface area contributed by atoms with Gasteiger partial charge in [0.05, 0.1) is 0 Å². The van der Waals surface area contributed by atoms with Crippen LogP contribution < -0.4 is 14.8 Å². The Morgan fingerprint density at radius 1 is 1.15 bits per heavy atom. The van der Waals surface area contributed by atoms with E-state index in [4.69, 9.17) is 21.1 Å². The van der Waals surface area contributed by atoms with Gasteiger partial charge in [-0.05, 0) is 49.2 Å². The summed E-state index contributed by atoms with van der Waals surface area (Å²) in [5, 5.41) is 4.25. The fourth-order valence-electron chi connectivity index (χ4n) is 2.26. The summed E-state index contributed by atoms with van der Waals surface area (Å²) in [5.74, 6) is 1.61. The number of nitrogens with one attached hydrogen (secondary N) is 1. The molecular formula is C16H16ClNO2. The van der Waals surface area contributed by atoms with E-state index in [0.29, 0.717) is 6.79 Å². The van der Waals surface area contributed by atoms with Gasteiger partial charge in [-0.15, -0.1) is 0 Å². The monoisotopic (exact) mass is 289 g/mol. The van der Waals surface area contributed by atoms with E-state index in [1.165, 1.54) is 0 Å². The number of fused-ring (bicyclic) bond motifs is 1. The summed E-state index contributed by atoms with van der Waals surface area (Å²) < 4.78 is 10.7. The van der Waals surface area contributed by atoms with Crippen molar-refractivity contribution in [1.29, 1.82) is 0 Å². The second-order valence-corrected chi connectivity index (χ2v) is 5.30. The minimum atomic E-state index is 0.154. The zero-order chi connectivity index (χ0) is 14.1. The lowest BCUT2D eigenvalue weighted by molar-refractivity contribution is 0.174. The molecule has 1 aliphatic rings. The van der Waals surface area contributed by atoms with Gasteiger partial charge in [0.25, 0.3) is 0 Å². The summed E-state index contributed by atoms with van der Waals surface area (Å²) in [4.78, 5) is 0. The zero-order valence-electron chi connectivity index (χ0n) is 11.4. The van der Waals surface area contributed by atoms with Crippen LogP contribution in [0.3, 0.4) is 0 Å². The summed E-state index contributed by atoms with van der Waals surface area (Å²) in [6.07, 6.45) is 0. The van der Waals surface area contributed by atoms with Gasteiger partial charge in [0, 0.05) is 16.8 Å². The number of hydrogen-bond donors (Lipinski definition) is 1. The molecular weight excluding hydrogens is 274 g/mol. The van der Waals surface area contributed by atoms with Crippen molar-refractivity contribution in [2.45, 2.75) is 19.9 Å². The molecule has 1 aliphatic heterocycles. The van der Waals surface area contributed by atoms with Crippen LogP contribution in [-0.4, -0.2) is 6.79 Å². The first-order valence-corrected chi connectivity index (χ1v) is 6.94. The number of ether oxygens (including phenoxy) is 2. The van der Waals surface area contributed by atoms with Gasteiger partial charge >= 0.3 is 0 Å². The minimum Gasteiger partial charge on any atom is -0.454 e. The van der Waals surface area contributed by atoms with Crippen LogP contribution in [0.25, 0.3) is 0 Å². The first-order chi connectivity index (χ1) is 9.65. The van der Waals surface area contributed by atoms with E-state index in [1.807, 2.05) is 43.3 Å². The molecule has 3 nitrogen and oxygen atoms in total. The summed E-state index contributed by atoms with van der Waals surface area (Å²) in [7, 11) is 0. The Bertz CT molecular complexity index is 642. The Morgan fingerprint density at radius 3 is 2.80 bits per heavy atom. The molecule has 0 saturated carbocycles.